The van der Waals surface area contributed by atoms with Crippen LogP contribution in [0.4, 0.5) is 4.39 Å². The molecule has 0 radical (unpaired) electrons. The number of Topliss-reactive ketones (excluding diaryl/α,β-unsaturated/α-hetero) is 1. The molecule has 2 aromatic rings. The van der Waals surface area contributed by atoms with Gasteiger partial charge in [0.1, 0.15) is 5.82 Å². The Hall–Kier alpha value is -0.710. The van der Waals surface area contributed by atoms with E-state index in [0.29, 0.717) is 11.1 Å². The van der Waals surface area contributed by atoms with Crippen molar-refractivity contribution >= 4 is 49.2 Å². The Labute approximate surface area is 132 Å². The van der Waals surface area contributed by atoms with Gasteiger partial charge >= 0.3 is 0 Å². The Balaban J connectivity index is 2.28. The molecule has 5 heteroatoms. The van der Waals surface area contributed by atoms with E-state index in [4.69, 9.17) is 11.6 Å². The second-order valence-corrected chi connectivity index (χ2v) is 6.14. The van der Waals surface area contributed by atoms with Crippen LogP contribution in [-0.4, -0.2) is 5.78 Å². The lowest BCUT2D eigenvalue weighted by atomic mass is 10.0. The maximum atomic E-state index is 12.9. The summed E-state index contributed by atoms with van der Waals surface area (Å²) in [4.78, 5) is 12.2. The van der Waals surface area contributed by atoms with Crippen molar-refractivity contribution in [1.29, 1.82) is 0 Å². The molecule has 0 atom stereocenters. The molecule has 0 aliphatic heterocycles. The molecule has 0 spiro atoms. The number of benzene rings is 2. The van der Waals surface area contributed by atoms with E-state index in [-0.39, 0.29) is 17.2 Å². The zero-order valence-corrected chi connectivity index (χ0v) is 13.5. The van der Waals surface area contributed by atoms with Crippen LogP contribution in [0.2, 0.25) is 5.02 Å². The second-order valence-electron chi connectivity index (χ2n) is 3.96. The highest BCUT2D eigenvalue weighted by Crippen LogP contribution is 2.25. The highest BCUT2D eigenvalue weighted by molar-refractivity contribution is 9.11. The van der Waals surface area contributed by atoms with E-state index >= 15 is 0 Å². The van der Waals surface area contributed by atoms with Crippen LogP contribution >= 0.6 is 43.5 Å². The molecule has 2 aromatic carbocycles. The van der Waals surface area contributed by atoms with Gasteiger partial charge in [-0.15, -0.1) is 0 Å². The summed E-state index contributed by atoms with van der Waals surface area (Å²) in [5, 5.41) is 0.263. The van der Waals surface area contributed by atoms with Gasteiger partial charge in [-0.25, -0.2) is 4.39 Å². The Kier molecular flexibility index (Phi) is 4.76. The number of rotatable bonds is 3. The molecular weight excluding hydrogens is 398 g/mol. The standard InChI is InChI=1S/C14H8Br2ClFO/c15-9-2-4-12(16)11(6-9)14(19)5-8-1-3-10(18)7-13(8)17/h1-4,6-7H,5H2. The monoisotopic (exact) mass is 404 g/mol. The predicted octanol–water partition coefficient (Wildman–Crippen LogP) is 5.43. The molecule has 0 saturated heterocycles. The van der Waals surface area contributed by atoms with Crippen LogP contribution in [0.3, 0.4) is 0 Å². The second kappa shape index (κ2) is 6.16. The molecule has 0 aliphatic carbocycles. The quantitative estimate of drug-likeness (QED) is 0.621. The van der Waals surface area contributed by atoms with Gasteiger partial charge in [0.25, 0.3) is 0 Å². The number of ketones is 1. The summed E-state index contributed by atoms with van der Waals surface area (Å²) in [7, 11) is 0. The summed E-state index contributed by atoms with van der Waals surface area (Å²) in [5.74, 6) is -0.494. The van der Waals surface area contributed by atoms with Gasteiger partial charge in [-0.2, -0.15) is 0 Å². The van der Waals surface area contributed by atoms with Crippen molar-refractivity contribution in [2.45, 2.75) is 6.42 Å². The molecule has 0 N–H and O–H groups in total. The first kappa shape index (κ1) is 14.7. The van der Waals surface area contributed by atoms with Crippen molar-refractivity contribution in [1.82, 2.24) is 0 Å². The maximum Gasteiger partial charge on any atom is 0.168 e. The van der Waals surface area contributed by atoms with Crippen LogP contribution in [0, 0.1) is 5.82 Å². The maximum absolute atomic E-state index is 12.9. The lowest BCUT2D eigenvalue weighted by molar-refractivity contribution is 0.0992. The van der Waals surface area contributed by atoms with E-state index in [1.54, 1.807) is 12.1 Å². The van der Waals surface area contributed by atoms with Crippen LogP contribution in [0.1, 0.15) is 15.9 Å². The molecule has 0 aliphatic rings. The fraction of sp³-hybridized carbons (Fsp3) is 0.0714. The smallest absolute Gasteiger partial charge is 0.168 e. The van der Waals surface area contributed by atoms with Crippen molar-refractivity contribution < 1.29 is 9.18 Å². The minimum Gasteiger partial charge on any atom is -0.294 e. The SMILES string of the molecule is O=C(Cc1ccc(F)cc1Cl)c1cc(Br)ccc1Br. The van der Waals surface area contributed by atoms with E-state index in [1.165, 1.54) is 18.2 Å². The molecule has 0 bridgehead atoms. The Morgan fingerprint density at radius 1 is 1.16 bits per heavy atom. The van der Waals surface area contributed by atoms with E-state index < -0.39 is 5.82 Å². The van der Waals surface area contributed by atoms with Crippen molar-refractivity contribution in [3.05, 3.63) is 67.3 Å². The highest BCUT2D eigenvalue weighted by Gasteiger charge is 2.13. The lowest BCUT2D eigenvalue weighted by Crippen LogP contribution is -2.05. The van der Waals surface area contributed by atoms with E-state index in [0.717, 1.165) is 8.95 Å². The number of hydrogen-bond donors (Lipinski definition) is 0. The minimum absolute atomic E-state index is 0.0818. The molecule has 2 rings (SSSR count). The van der Waals surface area contributed by atoms with Crippen LogP contribution in [0.5, 0.6) is 0 Å². The molecule has 19 heavy (non-hydrogen) atoms. The van der Waals surface area contributed by atoms with E-state index in [1.807, 2.05) is 6.07 Å². The van der Waals surface area contributed by atoms with Crippen LogP contribution in [0.15, 0.2) is 45.3 Å². The molecule has 0 unspecified atom stereocenters. The van der Waals surface area contributed by atoms with Crippen LogP contribution < -0.4 is 0 Å². The summed E-state index contributed by atoms with van der Waals surface area (Å²) in [5.41, 5.74) is 1.18. The lowest BCUT2D eigenvalue weighted by Gasteiger charge is -2.06. The normalized spacial score (nSPS) is 10.5. The Morgan fingerprint density at radius 3 is 2.58 bits per heavy atom. The molecule has 0 heterocycles. The van der Waals surface area contributed by atoms with Crippen molar-refractivity contribution in [2.75, 3.05) is 0 Å². The first-order chi connectivity index (χ1) is 8.97. The third-order valence-electron chi connectivity index (χ3n) is 2.59. The zero-order chi connectivity index (χ0) is 14.0. The first-order valence-corrected chi connectivity index (χ1v) is 7.36. The largest absolute Gasteiger partial charge is 0.294 e. The van der Waals surface area contributed by atoms with Gasteiger partial charge in [0.05, 0.1) is 0 Å². The zero-order valence-electron chi connectivity index (χ0n) is 9.59. The topological polar surface area (TPSA) is 17.1 Å². The van der Waals surface area contributed by atoms with Gasteiger partial charge < -0.3 is 0 Å². The van der Waals surface area contributed by atoms with Gasteiger partial charge in [-0.1, -0.05) is 49.5 Å². The fourth-order valence-corrected chi connectivity index (χ4v) is 2.71. The van der Waals surface area contributed by atoms with Crippen molar-refractivity contribution in [3.63, 3.8) is 0 Å². The van der Waals surface area contributed by atoms with Crippen molar-refractivity contribution in [2.24, 2.45) is 0 Å². The number of carbonyl (C=O) groups excluding carboxylic acids is 1. The predicted molar refractivity (Wildman–Crippen MR) is 81.3 cm³/mol. The molecule has 0 amide bonds. The van der Waals surface area contributed by atoms with Gasteiger partial charge in [-0.05, 0) is 35.9 Å². The molecule has 0 fully saturated rings. The Morgan fingerprint density at radius 2 is 1.89 bits per heavy atom. The summed E-state index contributed by atoms with van der Waals surface area (Å²) in [6, 6.07) is 9.41. The molecular formula is C14H8Br2ClFO. The van der Waals surface area contributed by atoms with Gasteiger partial charge in [-0.3, -0.25) is 4.79 Å². The minimum atomic E-state index is -0.412. The Bertz CT molecular complexity index is 643. The fourth-order valence-electron chi connectivity index (χ4n) is 1.64. The first-order valence-electron chi connectivity index (χ1n) is 5.39. The molecule has 0 saturated carbocycles. The van der Waals surface area contributed by atoms with E-state index in [9.17, 15) is 9.18 Å². The average Bonchev–Trinajstić information content (AvgIpc) is 2.35. The third kappa shape index (κ3) is 3.65. The average molecular weight is 406 g/mol. The van der Waals surface area contributed by atoms with Crippen molar-refractivity contribution in [3.8, 4) is 0 Å². The highest BCUT2D eigenvalue weighted by atomic mass is 79.9. The van der Waals surface area contributed by atoms with Crippen LogP contribution in [0.25, 0.3) is 0 Å². The molecule has 1 nitrogen and oxygen atoms in total. The van der Waals surface area contributed by atoms with E-state index in [2.05, 4.69) is 31.9 Å². The summed E-state index contributed by atoms with van der Waals surface area (Å²) in [6.07, 6.45) is 0.133. The number of carbonyl (C=O) groups is 1. The van der Waals surface area contributed by atoms with Crippen LogP contribution in [-0.2, 0) is 6.42 Å². The number of halogens is 4. The summed E-state index contributed by atoms with van der Waals surface area (Å²) >= 11 is 12.6. The van der Waals surface area contributed by atoms with Gasteiger partial charge in [0, 0.05) is 26.0 Å². The van der Waals surface area contributed by atoms with Gasteiger partial charge in [0.15, 0.2) is 5.78 Å². The summed E-state index contributed by atoms with van der Waals surface area (Å²) in [6.45, 7) is 0. The molecule has 98 valence electrons. The third-order valence-corrected chi connectivity index (χ3v) is 4.13. The number of hydrogen-bond acceptors (Lipinski definition) is 1. The molecule has 0 aromatic heterocycles. The van der Waals surface area contributed by atoms with Gasteiger partial charge in [0.2, 0.25) is 0 Å². The summed E-state index contributed by atoms with van der Waals surface area (Å²) < 4.78 is 14.5.